The van der Waals surface area contributed by atoms with E-state index in [-0.39, 0.29) is 6.10 Å². The Balaban J connectivity index is 1.46. The van der Waals surface area contributed by atoms with Gasteiger partial charge in [-0.05, 0) is 32.4 Å². The highest BCUT2D eigenvalue weighted by Crippen LogP contribution is 2.35. The number of aryl methyl sites for hydroxylation is 2. The monoisotopic (exact) mass is 328 g/mol. The van der Waals surface area contributed by atoms with Gasteiger partial charge in [0.05, 0.1) is 13.7 Å². The first-order valence-corrected chi connectivity index (χ1v) is 8.62. The van der Waals surface area contributed by atoms with E-state index in [1.165, 1.54) is 5.56 Å². The molecule has 2 aromatic rings. The molecule has 0 bridgehead atoms. The SMILES string of the molecule is COc1cc2c(cc1CN[C@@H]1CCc3nc(C)nn3C1)O[C@@H](C)C2. The average Bonchev–Trinajstić information content (AvgIpc) is 3.11. The summed E-state index contributed by atoms with van der Waals surface area (Å²) in [6.07, 6.45) is 3.26. The maximum absolute atomic E-state index is 5.88. The standard InChI is InChI=1S/C18H24N4O2/c1-11-6-13-7-16(23-3)14(8-17(13)24-11)9-19-15-4-5-18-20-12(2)21-22(18)10-15/h7-8,11,15,19H,4-6,9-10H2,1-3H3/t11-,15+/m0/s1. The summed E-state index contributed by atoms with van der Waals surface area (Å²) in [5, 5.41) is 8.11. The van der Waals surface area contributed by atoms with Crippen LogP contribution in [0.1, 0.15) is 36.1 Å². The molecule has 1 aromatic heterocycles. The fraction of sp³-hybridized carbons (Fsp3) is 0.556. The van der Waals surface area contributed by atoms with Crippen molar-refractivity contribution in [1.82, 2.24) is 20.1 Å². The van der Waals surface area contributed by atoms with Gasteiger partial charge in [-0.1, -0.05) is 0 Å². The van der Waals surface area contributed by atoms with Gasteiger partial charge in [0.1, 0.15) is 29.3 Å². The Bertz CT molecular complexity index is 756. The number of methoxy groups -OCH3 is 1. The van der Waals surface area contributed by atoms with E-state index in [0.29, 0.717) is 6.04 Å². The van der Waals surface area contributed by atoms with Gasteiger partial charge in [-0.3, -0.25) is 0 Å². The molecule has 1 N–H and O–H groups in total. The minimum atomic E-state index is 0.250. The van der Waals surface area contributed by atoms with E-state index in [4.69, 9.17) is 9.47 Å². The number of benzene rings is 1. The van der Waals surface area contributed by atoms with Crippen LogP contribution in [-0.2, 0) is 25.9 Å². The highest BCUT2D eigenvalue weighted by molar-refractivity contribution is 5.48. The van der Waals surface area contributed by atoms with Gasteiger partial charge in [-0.25, -0.2) is 9.67 Å². The largest absolute Gasteiger partial charge is 0.496 e. The van der Waals surface area contributed by atoms with Crippen molar-refractivity contribution in [2.24, 2.45) is 0 Å². The molecule has 0 fully saturated rings. The van der Waals surface area contributed by atoms with Crippen molar-refractivity contribution in [1.29, 1.82) is 0 Å². The molecule has 2 aliphatic heterocycles. The molecule has 2 aliphatic rings. The smallest absolute Gasteiger partial charge is 0.147 e. The maximum Gasteiger partial charge on any atom is 0.147 e. The number of aromatic nitrogens is 3. The van der Waals surface area contributed by atoms with Gasteiger partial charge in [0.25, 0.3) is 0 Å². The molecule has 128 valence electrons. The highest BCUT2D eigenvalue weighted by atomic mass is 16.5. The quantitative estimate of drug-likeness (QED) is 0.930. The summed E-state index contributed by atoms with van der Waals surface area (Å²) in [6, 6.07) is 4.64. The van der Waals surface area contributed by atoms with Crippen LogP contribution < -0.4 is 14.8 Å². The van der Waals surface area contributed by atoms with Crippen molar-refractivity contribution in [2.75, 3.05) is 7.11 Å². The van der Waals surface area contributed by atoms with Crippen LogP contribution in [-0.4, -0.2) is 34.0 Å². The Morgan fingerprint density at radius 1 is 1.42 bits per heavy atom. The number of nitrogens with one attached hydrogen (secondary N) is 1. The number of hydrogen-bond donors (Lipinski definition) is 1. The summed E-state index contributed by atoms with van der Waals surface area (Å²) in [5.41, 5.74) is 2.38. The van der Waals surface area contributed by atoms with Gasteiger partial charge in [0, 0.05) is 36.6 Å². The van der Waals surface area contributed by atoms with Gasteiger partial charge in [0.15, 0.2) is 0 Å². The molecule has 0 aliphatic carbocycles. The zero-order valence-electron chi connectivity index (χ0n) is 14.5. The van der Waals surface area contributed by atoms with Crippen LogP contribution in [0.15, 0.2) is 12.1 Å². The first-order valence-electron chi connectivity index (χ1n) is 8.62. The molecule has 2 atom stereocenters. The number of fused-ring (bicyclic) bond motifs is 2. The summed E-state index contributed by atoms with van der Waals surface area (Å²) in [4.78, 5) is 4.47. The molecule has 0 unspecified atom stereocenters. The van der Waals surface area contributed by atoms with Crippen molar-refractivity contribution in [3.63, 3.8) is 0 Å². The van der Waals surface area contributed by atoms with Gasteiger partial charge in [-0.2, -0.15) is 5.10 Å². The second-order valence-electron chi connectivity index (χ2n) is 6.78. The van der Waals surface area contributed by atoms with Crippen molar-refractivity contribution < 1.29 is 9.47 Å². The lowest BCUT2D eigenvalue weighted by Gasteiger charge is -2.24. The van der Waals surface area contributed by atoms with Crippen molar-refractivity contribution in [3.8, 4) is 11.5 Å². The number of hydrogen-bond acceptors (Lipinski definition) is 5. The Kier molecular flexibility index (Phi) is 3.92. The Morgan fingerprint density at radius 2 is 2.29 bits per heavy atom. The van der Waals surface area contributed by atoms with E-state index in [9.17, 15) is 0 Å². The third kappa shape index (κ3) is 2.86. The van der Waals surface area contributed by atoms with Crippen LogP contribution in [0.4, 0.5) is 0 Å². The molecular weight excluding hydrogens is 304 g/mol. The lowest BCUT2D eigenvalue weighted by molar-refractivity contribution is 0.254. The number of rotatable bonds is 4. The second-order valence-corrected chi connectivity index (χ2v) is 6.78. The van der Waals surface area contributed by atoms with E-state index in [1.807, 2.05) is 11.6 Å². The second kappa shape index (κ2) is 6.09. The predicted octanol–water partition coefficient (Wildman–Crippen LogP) is 2.02. The zero-order valence-corrected chi connectivity index (χ0v) is 14.5. The third-order valence-electron chi connectivity index (χ3n) is 4.84. The zero-order chi connectivity index (χ0) is 16.7. The van der Waals surface area contributed by atoms with E-state index in [1.54, 1.807) is 7.11 Å². The molecule has 0 spiro atoms. The van der Waals surface area contributed by atoms with Crippen LogP contribution in [0.5, 0.6) is 11.5 Å². The first kappa shape index (κ1) is 15.4. The normalized spacial score (nSPS) is 22.0. The molecule has 24 heavy (non-hydrogen) atoms. The van der Waals surface area contributed by atoms with Gasteiger partial charge < -0.3 is 14.8 Å². The first-order chi connectivity index (χ1) is 11.6. The maximum atomic E-state index is 5.88. The van der Waals surface area contributed by atoms with Gasteiger partial charge in [0.2, 0.25) is 0 Å². The summed E-state index contributed by atoms with van der Waals surface area (Å²) in [5.74, 6) is 3.89. The highest BCUT2D eigenvalue weighted by Gasteiger charge is 2.23. The lowest BCUT2D eigenvalue weighted by Crippen LogP contribution is -2.37. The van der Waals surface area contributed by atoms with Crippen LogP contribution >= 0.6 is 0 Å². The molecule has 3 heterocycles. The molecule has 6 heteroatoms. The number of nitrogens with zero attached hydrogens (tertiary/aromatic N) is 3. The van der Waals surface area contributed by atoms with Crippen molar-refractivity contribution in [3.05, 3.63) is 34.9 Å². The van der Waals surface area contributed by atoms with Crippen LogP contribution in [0.25, 0.3) is 0 Å². The summed E-state index contributed by atoms with van der Waals surface area (Å²) >= 11 is 0. The Hall–Kier alpha value is -2.08. The molecule has 4 rings (SSSR count). The van der Waals surface area contributed by atoms with E-state index >= 15 is 0 Å². The Morgan fingerprint density at radius 3 is 3.12 bits per heavy atom. The summed E-state index contributed by atoms with van der Waals surface area (Å²) in [7, 11) is 1.73. The fourth-order valence-corrected chi connectivity index (χ4v) is 3.66. The molecular formula is C18H24N4O2. The van der Waals surface area contributed by atoms with Gasteiger partial charge >= 0.3 is 0 Å². The predicted molar refractivity (Wildman–Crippen MR) is 90.5 cm³/mol. The fourth-order valence-electron chi connectivity index (χ4n) is 3.66. The molecule has 0 radical (unpaired) electrons. The van der Waals surface area contributed by atoms with Crippen molar-refractivity contribution in [2.45, 2.75) is 58.3 Å². The minimum absolute atomic E-state index is 0.250. The Labute approximate surface area is 142 Å². The minimum Gasteiger partial charge on any atom is -0.496 e. The van der Waals surface area contributed by atoms with E-state index in [2.05, 4.69) is 34.5 Å². The summed E-state index contributed by atoms with van der Waals surface area (Å²) < 4.78 is 13.5. The van der Waals surface area contributed by atoms with E-state index in [0.717, 1.165) is 61.1 Å². The third-order valence-corrected chi connectivity index (χ3v) is 4.84. The summed E-state index contributed by atoms with van der Waals surface area (Å²) in [6.45, 7) is 5.69. The lowest BCUT2D eigenvalue weighted by atomic mass is 10.0. The molecule has 1 aromatic carbocycles. The van der Waals surface area contributed by atoms with Crippen LogP contribution in [0.3, 0.4) is 0 Å². The topological polar surface area (TPSA) is 61.2 Å². The van der Waals surface area contributed by atoms with Crippen LogP contribution in [0, 0.1) is 6.92 Å². The number of ether oxygens (including phenoxy) is 2. The molecule has 0 amide bonds. The van der Waals surface area contributed by atoms with Crippen molar-refractivity contribution >= 4 is 0 Å². The van der Waals surface area contributed by atoms with Crippen LogP contribution in [0.2, 0.25) is 0 Å². The van der Waals surface area contributed by atoms with Gasteiger partial charge in [-0.15, -0.1) is 0 Å². The molecule has 0 saturated heterocycles. The average molecular weight is 328 g/mol. The molecule has 0 saturated carbocycles. The van der Waals surface area contributed by atoms with E-state index < -0.39 is 0 Å². The molecule has 6 nitrogen and oxygen atoms in total.